The second-order valence-corrected chi connectivity index (χ2v) is 8.37. The van der Waals surface area contributed by atoms with Gasteiger partial charge < -0.3 is 14.8 Å². The number of fused-ring (bicyclic) bond motifs is 1. The highest BCUT2D eigenvalue weighted by Crippen LogP contribution is 2.30. The van der Waals surface area contributed by atoms with Gasteiger partial charge in [0.1, 0.15) is 11.9 Å². The average Bonchev–Trinajstić information content (AvgIpc) is 2.89. The van der Waals surface area contributed by atoms with Crippen molar-refractivity contribution in [3.05, 3.63) is 84.7 Å². The molecule has 6 heteroatoms. The molecule has 1 fully saturated rings. The van der Waals surface area contributed by atoms with E-state index in [9.17, 15) is 0 Å². The zero-order valence-electron chi connectivity index (χ0n) is 18.7. The number of pyridine rings is 1. The molecule has 1 N–H and O–H groups in total. The van der Waals surface area contributed by atoms with Crippen LogP contribution >= 0.6 is 0 Å². The molecule has 2 aromatic heterocycles. The van der Waals surface area contributed by atoms with E-state index in [1.54, 1.807) is 12.4 Å². The molecule has 5 rings (SSSR count). The van der Waals surface area contributed by atoms with Gasteiger partial charge in [-0.2, -0.15) is 0 Å². The Hall–Kier alpha value is -3.35. The molecule has 4 aromatic rings. The van der Waals surface area contributed by atoms with E-state index in [2.05, 4.69) is 41.5 Å². The van der Waals surface area contributed by atoms with E-state index in [1.807, 2.05) is 42.5 Å². The molecule has 0 bridgehead atoms. The highest BCUT2D eigenvalue weighted by molar-refractivity contribution is 5.90. The summed E-state index contributed by atoms with van der Waals surface area (Å²) in [6, 6.07) is 22.3. The first-order valence-electron chi connectivity index (χ1n) is 11.5. The fourth-order valence-corrected chi connectivity index (χ4v) is 4.25. The normalized spacial score (nSPS) is 16.4. The van der Waals surface area contributed by atoms with E-state index in [1.165, 1.54) is 0 Å². The number of rotatable bonds is 7. The van der Waals surface area contributed by atoms with Gasteiger partial charge in [-0.3, -0.25) is 4.98 Å². The molecule has 0 aliphatic carbocycles. The Bertz CT molecular complexity index is 1180. The summed E-state index contributed by atoms with van der Waals surface area (Å²) in [7, 11) is 0. The Morgan fingerprint density at radius 2 is 1.73 bits per heavy atom. The smallest absolute Gasteiger partial charge is 0.163 e. The number of hydrogen-bond donors (Lipinski definition) is 1. The third-order valence-corrected chi connectivity index (χ3v) is 5.98. The van der Waals surface area contributed by atoms with Gasteiger partial charge in [0, 0.05) is 36.6 Å². The minimum Gasteiger partial charge on any atom is -0.381 e. The Balaban J connectivity index is 1.48. The average molecular weight is 441 g/mol. The molecule has 1 saturated heterocycles. The van der Waals surface area contributed by atoms with Crippen LogP contribution in [0.5, 0.6) is 0 Å². The van der Waals surface area contributed by atoms with E-state index in [4.69, 9.17) is 19.4 Å². The molecule has 2 atom stereocenters. The predicted octanol–water partition coefficient (Wildman–Crippen LogP) is 5.43. The summed E-state index contributed by atoms with van der Waals surface area (Å²) in [6.45, 7) is 3.65. The lowest BCUT2D eigenvalue weighted by Crippen LogP contribution is -2.33. The van der Waals surface area contributed by atoms with Gasteiger partial charge in [0.2, 0.25) is 0 Å². The predicted molar refractivity (Wildman–Crippen MR) is 130 cm³/mol. The lowest BCUT2D eigenvalue weighted by atomic mass is 10.0. The summed E-state index contributed by atoms with van der Waals surface area (Å²) in [5, 5.41) is 4.64. The monoisotopic (exact) mass is 440 g/mol. The number of benzene rings is 2. The van der Waals surface area contributed by atoms with Crippen LogP contribution in [0.2, 0.25) is 0 Å². The van der Waals surface area contributed by atoms with Crippen LogP contribution in [0.15, 0.2) is 79.1 Å². The largest absolute Gasteiger partial charge is 0.381 e. The fourth-order valence-electron chi connectivity index (χ4n) is 4.25. The Morgan fingerprint density at radius 1 is 0.939 bits per heavy atom. The number of ether oxygens (including phenoxy) is 2. The highest BCUT2D eigenvalue weighted by atomic mass is 16.5. The molecule has 2 aromatic carbocycles. The van der Waals surface area contributed by atoms with E-state index in [-0.39, 0.29) is 18.2 Å². The number of para-hydroxylation sites is 1. The molecule has 33 heavy (non-hydrogen) atoms. The first-order valence-corrected chi connectivity index (χ1v) is 11.5. The van der Waals surface area contributed by atoms with E-state index >= 15 is 0 Å². The van der Waals surface area contributed by atoms with Gasteiger partial charge in [-0.25, -0.2) is 9.97 Å². The molecule has 6 nitrogen and oxygen atoms in total. The van der Waals surface area contributed by atoms with Crippen molar-refractivity contribution in [2.24, 2.45) is 0 Å². The molecule has 2 unspecified atom stereocenters. The first kappa shape index (κ1) is 21.5. The highest BCUT2D eigenvalue weighted by Gasteiger charge is 2.26. The number of aromatic nitrogens is 3. The van der Waals surface area contributed by atoms with E-state index in [0.717, 1.165) is 53.9 Å². The maximum atomic E-state index is 6.64. The summed E-state index contributed by atoms with van der Waals surface area (Å²) in [6.07, 6.45) is 5.43. The van der Waals surface area contributed by atoms with Gasteiger partial charge in [-0.15, -0.1) is 0 Å². The summed E-state index contributed by atoms with van der Waals surface area (Å²) in [5.41, 5.74) is 2.93. The molecule has 0 radical (unpaired) electrons. The summed E-state index contributed by atoms with van der Waals surface area (Å²) in [5.74, 6) is 1.45. The van der Waals surface area contributed by atoms with Gasteiger partial charge >= 0.3 is 0 Å². The number of anilines is 1. The Kier molecular flexibility index (Phi) is 6.56. The SMILES string of the molecule is CC(Nc1nc(-c2cccnc2)nc2ccccc12)C(OC1CCOCC1)c1ccccc1. The lowest BCUT2D eigenvalue weighted by molar-refractivity contribution is -0.0738. The van der Waals surface area contributed by atoms with Gasteiger partial charge in [-0.05, 0) is 49.6 Å². The molecule has 0 saturated carbocycles. The summed E-state index contributed by atoms with van der Waals surface area (Å²) < 4.78 is 12.2. The van der Waals surface area contributed by atoms with Crippen molar-refractivity contribution in [1.29, 1.82) is 0 Å². The molecule has 3 heterocycles. The molecular weight excluding hydrogens is 412 g/mol. The van der Waals surface area contributed by atoms with Gasteiger partial charge in [0.25, 0.3) is 0 Å². The Morgan fingerprint density at radius 3 is 2.52 bits per heavy atom. The third kappa shape index (κ3) is 5.02. The summed E-state index contributed by atoms with van der Waals surface area (Å²) >= 11 is 0. The quantitative estimate of drug-likeness (QED) is 0.413. The fraction of sp³-hybridized carbons (Fsp3) is 0.296. The minimum atomic E-state index is -0.120. The van der Waals surface area contributed by atoms with Crippen molar-refractivity contribution < 1.29 is 9.47 Å². The van der Waals surface area contributed by atoms with Crippen LogP contribution in [0.1, 0.15) is 31.4 Å². The van der Waals surface area contributed by atoms with Crippen molar-refractivity contribution >= 4 is 16.7 Å². The standard InChI is InChI=1S/C27H28N4O2/c1-19(25(20-8-3-2-4-9-20)33-22-13-16-32-17-14-22)29-27-23-11-5-6-12-24(23)30-26(31-27)21-10-7-15-28-18-21/h2-12,15,18-19,22,25H,13-14,16-17H2,1H3,(H,29,30,31). The van der Waals surface area contributed by atoms with Crippen molar-refractivity contribution in [1.82, 2.24) is 15.0 Å². The minimum absolute atomic E-state index is 0.0182. The van der Waals surface area contributed by atoms with Gasteiger partial charge in [0.05, 0.1) is 17.7 Å². The van der Waals surface area contributed by atoms with Crippen molar-refractivity contribution in [3.63, 3.8) is 0 Å². The van der Waals surface area contributed by atoms with Gasteiger partial charge in [0.15, 0.2) is 5.82 Å². The second kappa shape index (κ2) is 10.1. The van der Waals surface area contributed by atoms with E-state index < -0.39 is 0 Å². The number of nitrogens with zero attached hydrogens (tertiary/aromatic N) is 3. The van der Waals surface area contributed by atoms with Crippen LogP contribution in [0, 0.1) is 0 Å². The van der Waals surface area contributed by atoms with Crippen LogP contribution in [-0.2, 0) is 9.47 Å². The molecular formula is C27H28N4O2. The van der Waals surface area contributed by atoms with Crippen LogP contribution < -0.4 is 5.32 Å². The third-order valence-electron chi connectivity index (χ3n) is 5.98. The van der Waals surface area contributed by atoms with Crippen molar-refractivity contribution in [2.75, 3.05) is 18.5 Å². The van der Waals surface area contributed by atoms with Crippen LogP contribution in [0.25, 0.3) is 22.3 Å². The van der Waals surface area contributed by atoms with Gasteiger partial charge in [-0.1, -0.05) is 42.5 Å². The van der Waals surface area contributed by atoms with Crippen molar-refractivity contribution in [2.45, 2.75) is 38.0 Å². The van der Waals surface area contributed by atoms with Crippen molar-refractivity contribution in [3.8, 4) is 11.4 Å². The number of nitrogens with one attached hydrogen (secondary N) is 1. The van der Waals surface area contributed by atoms with Crippen LogP contribution in [-0.4, -0.2) is 40.3 Å². The molecule has 1 aliphatic heterocycles. The first-order chi connectivity index (χ1) is 16.3. The van der Waals surface area contributed by atoms with E-state index in [0.29, 0.717) is 5.82 Å². The van der Waals surface area contributed by atoms with Crippen LogP contribution in [0.4, 0.5) is 5.82 Å². The molecule has 0 amide bonds. The summed E-state index contributed by atoms with van der Waals surface area (Å²) in [4.78, 5) is 13.9. The second-order valence-electron chi connectivity index (χ2n) is 8.37. The molecule has 0 spiro atoms. The topological polar surface area (TPSA) is 69.2 Å². The molecule has 168 valence electrons. The number of hydrogen-bond acceptors (Lipinski definition) is 6. The zero-order valence-corrected chi connectivity index (χ0v) is 18.7. The van der Waals surface area contributed by atoms with Crippen LogP contribution in [0.3, 0.4) is 0 Å². The Labute approximate surface area is 194 Å². The maximum absolute atomic E-state index is 6.64. The maximum Gasteiger partial charge on any atom is 0.163 e. The molecule has 1 aliphatic rings. The zero-order chi connectivity index (χ0) is 22.5. The lowest BCUT2D eigenvalue weighted by Gasteiger charge is -2.32.